The highest BCUT2D eigenvalue weighted by molar-refractivity contribution is 7.99. The summed E-state index contributed by atoms with van der Waals surface area (Å²) in [4.78, 5) is 19.5. The number of hydrogen-bond acceptors (Lipinski definition) is 5. The van der Waals surface area contributed by atoms with Gasteiger partial charge in [0.1, 0.15) is 4.83 Å². The molecule has 2 aromatic rings. The molecule has 1 atom stereocenters. The van der Waals surface area contributed by atoms with Crippen molar-refractivity contribution < 1.29 is 4.74 Å². The third kappa shape index (κ3) is 3.24. The monoisotopic (exact) mass is 338 g/mol. The molecule has 120 valence electrons. The molecule has 1 saturated heterocycles. The van der Waals surface area contributed by atoms with E-state index < -0.39 is 0 Å². The van der Waals surface area contributed by atoms with E-state index in [4.69, 9.17) is 9.72 Å². The van der Waals surface area contributed by atoms with Gasteiger partial charge in [-0.2, -0.15) is 0 Å². The Balaban J connectivity index is 1.88. The fraction of sp³-hybridized carbons (Fsp3) is 0.625. The Morgan fingerprint density at radius 3 is 3.00 bits per heavy atom. The molecule has 2 aromatic heterocycles. The quantitative estimate of drug-likeness (QED) is 0.616. The Morgan fingerprint density at radius 2 is 2.32 bits per heavy atom. The molecule has 4 nitrogen and oxygen atoms in total. The van der Waals surface area contributed by atoms with Gasteiger partial charge in [0.15, 0.2) is 5.16 Å². The summed E-state index contributed by atoms with van der Waals surface area (Å²) in [5, 5.41) is 1.60. The molecular weight excluding hydrogens is 316 g/mol. The van der Waals surface area contributed by atoms with Gasteiger partial charge in [0.25, 0.3) is 5.56 Å². The molecule has 0 amide bonds. The Bertz CT molecular complexity index is 702. The molecular formula is C16H22N2O2S2. The summed E-state index contributed by atoms with van der Waals surface area (Å²) in [6, 6.07) is 2.00. The normalized spacial score (nSPS) is 18.9. The van der Waals surface area contributed by atoms with Crippen LogP contribution >= 0.6 is 23.1 Å². The first-order valence-electron chi connectivity index (χ1n) is 8.00. The molecule has 0 unspecified atom stereocenters. The van der Waals surface area contributed by atoms with Crippen molar-refractivity contribution in [1.82, 2.24) is 9.55 Å². The number of ether oxygens (including phenoxy) is 1. The average Bonchev–Trinajstić information content (AvgIpc) is 2.97. The summed E-state index contributed by atoms with van der Waals surface area (Å²) in [5.74, 6) is 0.879. The van der Waals surface area contributed by atoms with Crippen LogP contribution in [0.25, 0.3) is 10.2 Å². The second kappa shape index (κ2) is 7.15. The lowest BCUT2D eigenvalue weighted by Crippen LogP contribution is -2.24. The van der Waals surface area contributed by atoms with E-state index >= 15 is 0 Å². The molecule has 0 saturated carbocycles. The smallest absolute Gasteiger partial charge is 0.262 e. The second-order valence-corrected chi connectivity index (χ2v) is 7.63. The molecule has 0 N–H and O–H groups in total. The summed E-state index contributed by atoms with van der Waals surface area (Å²) < 4.78 is 7.57. The van der Waals surface area contributed by atoms with Crippen molar-refractivity contribution in [3.05, 3.63) is 21.3 Å². The molecule has 0 aromatic carbocycles. The maximum absolute atomic E-state index is 12.6. The lowest BCUT2D eigenvalue weighted by Gasteiger charge is -2.22. The zero-order valence-corrected chi connectivity index (χ0v) is 14.8. The van der Waals surface area contributed by atoms with Crippen LogP contribution in [-0.4, -0.2) is 28.0 Å². The van der Waals surface area contributed by atoms with E-state index in [1.54, 1.807) is 27.7 Å². The van der Waals surface area contributed by atoms with Gasteiger partial charge in [-0.15, -0.1) is 11.3 Å². The van der Waals surface area contributed by atoms with Crippen LogP contribution in [0.5, 0.6) is 0 Å². The number of aryl methyl sites for hydroxylation is 1. The lowest BCUT2D eigenvalue weighted by atomic mass is 10.1. The number of thiophene rings is 1. The first kappa shape index (κ1) is 16.0. The standard InChI is InChI=1S/C16H22N2O2S2/c1-3-12-9-13-14(22-12)17-16(18(4-2)15(13)19)21-10-11-7-5-6-8-20-11/h9,11H,3-8,10H2,1-2H3/t11-/m1/s1. The Morgan fingerprint density at radius 1 is 1.45 bits per heavy atom. The van der Waals surface area contributed by atoms with E-state index in [-0.39, 0.29) is 5.56 Å². The Labute approximate surface area is 138 Å². The topological polar surface area (TPSA) is 44.1 Å². The van der Waals surface area contributed by atoms with E-state index in [1.807, 2.05) is 13.0 Å². The zero-order chi connectivity index (χ0) is 15.5. The molecule has 0 spiro atoms. The van der Waals surface area contributed by atoms with Crippen LogP contribution in [0.4, 0.5) is 0 Å². The molecule has 3 heterocycles. The van der Waals surface area contributed by atoms with Crippen molar-refractivity contribution >= 4 is 33.3 Å². The van der Waals surface area contributed by atoms with Gasteiger partial charge >= 0.3 is 0 Å². The summed E-state index contributed by atoms with van der Waals surface area (Å²) in [5.41, 5.74) is 0.0931. The first-order chi connectivity index (χ1) is 10.7. The van der Waals surface area contributed by atoms with Gasteiger partial charge in [-0.05, 0) is 38.7 Å². The minimum atomic E-state index is 0.0931. The van der Waals surface area contributed by atoms with Crippen molar-refractivity contribution in [3.63, 3.8) is 0 Å². The first-order valence-corrected chi connectivity index (χ1v) is 9.80. The van der Waals surface area contributed by atoms with Gasteiger partial charge in [0, 0.05) is 23.8 Å². The number of fused-ring (bicyclic) bond motifs is 1. The van der Waals surface area contributed by atoms with E-state index in [0.717, 1.165) is 40.6 Å². The fourth-order valence-corrected chi connectivity index (χ4v) is 4.85. The van der Waals surface area contributed by atoms with Crippen LogP contribution in [0, 0.1) is 0 Å². The SMILES string of the molecule is CCc1cc2c(=O)n(CC)c(SC[C@H]3CCCCO3)nc2s1. The fourth-order valence-electron chi connectivity index (χ4n) is 2.72. The van der Waals surface area contributed by atoms with Gasteiger partial charge < -0.3 is 4.74 Å². The van der Waals surface area contributed by atoms with Gasteiger partial charge in [-0.1, -0.05) is 18.7 Å². The predicted molar refractivity (Wildman–Crippen MR) is 93.2 cm³/mol. The van der Waals surface area contributed by atoms with Gasteiger partial charge in [-0.25, -0.2) is 4.98 Å². The molecule has 1 fully saturated rings. The summed E-state index contributed by atoms with van der Waals surface area (Å²) in [6.45, 7) is 5.64. The predicted octanol–water partition coefficient (Wildman–Crippen LogP) is 3.70. The third-order valence-electron chi connectivity index (χ3n) is 4.00. The molecule has 0 radical (unpaired) electrons. The van der Waals surface area contributed by atoms with Crippen molar-refractivity contribution in [1.29, 1.82) is 0 Å². The number of hydrogen-bond donors (Lipinski definition) is 0. The van der Waals surface area contributed by atoms with Gasteiger partial charge in [0.05, 0.1) is 11.5 Å². The van der Waals surface area contributed by atoms with Gasteiger partial charge in [0.2, 0.25) is 0 Å². The third-order valence-corrected chi connectivity index (χ3v) is 6.29. The van der Waals surface area contributed by atoms with Crippen molar-refractivity contribution in [2.45, 2.75) is 57.3 Å². The number of thioether (sulfide) groups is 1. The number of nitrogens with zero attached hydrogens (tertiary/aromatic N) is 2. The Kier molecular flexibility index (Phi) is 5.21. The molecule has 0 aliphatic carbocycles. The highest BCUT2D eigenvalue weighted by Crippen LogP contribution is 2.26. The molecule has 6 heteroatoms. The summed E-state index contributed by atoms with van der Waals surface area (Å²) in [6.07, 6.45) is 4.77. The summed E-state index contributed by atoms with van der Waals surface area (Å²) >= 11 is 3.29. The largest absolute Gasteiger partial charge is 0.377 e. The number of rotatable bonds is 5. The van der Waals surface area contributed by atoms with Crippen LogP contribution in [0.15, 0.2) is 16.0 Å². The average molecular weight is 338 g/mol. The minimum absolute atomic E-state index is 0.0931. The van der Waals surface area contributed by atoms with Crippen LogP contribution < -0.4 is 5.56 Å². The zero-order valence-electron chi connectivity index (χ0n) is 13.1. The van der Waals surface area contributed by atoms with Crippen LogP contribution in [0.3, 0.4) is 0 Å². The van der Waals surface area contributed by atoms with Crippen molar-refractivity contribution in [3.8, 4) is 0 Å². The molecule has 1 aliphatic heterocycles. The maximum Gasteiger partial charge on any atom is 0.262 e. The molecule has 0 bridgehead atoms. The molecule has 1 aliphatic rings. The maximum atomic E-state index is 12.6. The van der Waals surface area contributed by atoms with Crippen molar-refractivity contribution in [2.24, 2.45) is 0 Å². The Hall–Kier alpha value is -0.850. The van der Waals surface area contributed by atoms with E-state index in [9.17, 15) is 4.79 Å². The van der Waals surface area contributed by atoms with E-state index in [1.165, 1.54) is 17.7 Å². The van der Waals surface area contributed by atoms with E-state index in [0.29, 0.717) is 12.6 Å². The van der Waals surface area contributed by atoms with Crippen LogP contribution in [0.2, 0.25) is 0 Å². The lowest BCUT2D eigenvalue weighted by molar-refractivity contribution is 0.0315. The summed E-state index contributed by atoms with van der Waals surface area (Å²) in [7, 11) is 0. The van der Waals surface area contributed by atoms with Crippen LogP contribution in [0.1, 0.15) is 38.0 Å². The molecule has 22 heavy (non-hydrogen) atoms. The second-order valence-electron chi connectivity index (χ2n) is 5.53. The highest BCUT2D eigenvalue weighted by Gasteiger charge is 2.17. The molecule has 3 rings (SSSR count). The minimum Gasteiger partial charge on any atom is -0.377 e. The van der Waals surface area contributed by atoms with Gasteiger partial charge in [-0.3, -0.25) is 9.36 Å². The van der Waals surface area contributed by atoms with Crippen LogP contribution in [-0.2, 0) is 17.7 Å². The van der Waals surface area contributed by atoms with Crippen molar-refractivity contribution in [2.75, 3.05) is 12.4 Å². The number of aromatic nitrogens is 2. The van der Waals surface area contributed by atoms with E-state index in [2.05, 4.69) is 6.92 Å². The highest BCUT2D eigenvalue weighted by atomic mass is 32.2.